The number of piperidine rings is 1. The van der Waals surface area contributed by atoms with Crippen LogP contribution in [0.25, 0.3) is 5.52 Å². The van der Waals surface area contributed by atoms with Gasteiger partial charge in [-0.2, -0.15) is 18.3 Å². The normalized spacial score (nSPS) is 17.8. The van der Waals surface area contributed by atoms with Crippen LogP contribution in [0.3, 0.4) is 0 Å². The molecule has 0 bridgehead atoms. The SMILES string of the molecule is O=C(Nc1cc2c(=O)n(CC3(O)CCN(C(=O)C4CC4)CC3)cnn2c1)c1ccc(C(F)(F)F)cc1. The van der Waals surface area contributed by atoms with Gasteiger partial charge in [0.1, 0.15) is 11.8 Å². The minimum atomic E-state index is -4.50. The highest BCUT2D eigenvalue weighted by Gasteiger charge is 2.39. The van der Waals surface area contributed by atoms with E-state index in [1.807, 2.05) is 0 Å². The first-order valence-corrected chi connectivity index (χ1v) is 11.6. The molecule has 3 aromatic rings. The Morgan fingerprint density at radius 3 is 2.42 bits per heavy atom. The maximum Gasteiger partial charge on any atom is 0.416 e. The minimum Gasteiger partial charge on any atom is -0.388 e. The lowest BCUT2D eigenvalue weighted by molar-refractivity contribution is -0.138. The number of amides is 2. The van der Waals surface area contributed by atoms with Crippen LogP contribution < -0.4 is 10.9 Å². The van der Waals surface area contributed by atoms with E-state index in [0.717, 1.165) is 37.1 Å². The summed E-state index contributed by atoms with van der Waals surface area (Å²) in [4.78, 5) is 39.5. The van der Waals surface area contributed by atoms with Crippen molar-refractivity contribution in [3.8, 4) is 0 Å². The van der Waals surface area contributed by atoms with E-state index in [1.165, 1.54) is 27.7 Å². The van der Waals surface area contributed by atoms with Gasteiger partial charge in [-0.05, 0) is 56.0 Å². The Morgan fingerprint density at radius 1 is 1.14 bits per heavy atom. The molecule has 9 nitrogen and oxygen atoms in total. The van der Waals surface area contributed by atoms with Crippen LogP contribution in [0, 0.1) is 5.92 Å². The van der Waals surface area contributed by atoms with E-state index in [2.05, 4.69) is 10.4 Å². The zero-order valence-corrected chi connectivity index (χ0v) is 19.2. The van der Waals surface area contributed by atoms with Crippen molar-refractivity contribution in [3.05, 3.63) is 64.3 Å². The molecule has 0 radical (unpaired) electrons. The predicted molar refractivity (Wildman–Crippen MR) is 122 cm³/mol. The summed E-state index contributed by atoms with van der Waals surface area (Å²) in [6, 6.07) is 5.20. The lowest BCUT2D eigenvalue weighted by atomic mass is 9.91. The average Bonchev–Trinajstić information content (AvgIpc) is 3.61. The van der Waals surface area contributed by atoms with Crippen molar-refractivity contribution in [3.63, 3.8) is 0 Å². The number of nitrogens with zero attached hydrogens (tertiary/aromatic N) is 4. The van der Waals surface area contributed by atoms with Gasteiger partial charge in [-0.25, -0.2) is 4.52 Å². The van der Waals surface area contributed by atoms with E-state index in [0.29, 0.717) is 25.9 Å². The predicted octanol–water partition coefficient (Wildman–Crippen LogP) is 2.53. The topological polar surface area (TPSA) is 109 Å². The molecule has 0 spiro atoms. The molecule has 2 N–H and O–H groups in total. The van der Waals surface area contributed by atoms with Crippen LogP contribution in [0.15, 0.2) is 47.7 Å². The standard InChI is InChI=1S/C24H24F3N5O4/c25-24(26,27)17-5-3-15(4-6-17)20(33)29-18-11-19-22(35)31(14-28-32(19)12-18)13-23(36)7-9-30(10-8-23)21(34)16-1-2-16/h3-6,11-12,14,16,36H,1-2,7-10,13H2,(H,29,33). The zero-order valence-electron chi connectivity index (χ0n) is 19.2. The zero-order chi connectivity index (χ0) is 25.7. The van der Waals surface area contributed by atoms with E-state index in [-0.39, 0.29) is 35.1 Å². The third-order valence-corrected chi connectivity index (χ3v) is 6.73. The number of likely N-dealkylation sites (tertiary alicyclic amines) is 1. The molecule has 0 atom stereocenters. The quantitative estimate of drug-likeness (QED) is 0.556. The number of anilines is 1. The first kappa shape index (κ1) is 24.0. The number of aliphatic hydroxyl groups is 1. The summed E-state index contributed by atoms with van der Waals surface area (Å²) in [6.07, 6.45) is 0.752. The third kappa shape index (κ3) is 4.85. The number of nitrogens with one attached hydrogen (secondary N) is 1. The summed E-state index contributed by atoms with van der Waals surface area (Å²) in [5.74, 6) is -0.383. The second-order valence-electron chi connectivity index (χ2n) is 9.48. The van der Waals surface area contributed by atoms with Crippen molar-refractivity contribution < 1.29 is 27.9 Å². The number of hydrogen-bond donors (Lipinski definition) is 2. The lowest BCUT2D eigenvalue weighted by Crippen LogP contribution is -2.50. The maximum absolute atomic E-state index is 13.0. The fourth-order valence-electron chi connectivity index (χ4n) is 4.43. The van der Waals surface area contributed by atoms with E-state index in [9.17, 15) is 32.7 Å². The number of hydrogen-bond acceptors (Lipinski definition) is 5. The number of carbonyl (C=O) groups is 2. The molecule has 2 amide bonds. The summed E-state index contributed by atoms with van der Waals surface area (Å²) in [5, 5.41) is 17.8. The van der Waals surface area contributed by atoms with Gasteiger partial charge in [-0.15, -0.1) is 0 Å². The second-order valence-corrected chi connectivity index (χ2v) is 9.48. The summed E-state index contributed by atoms with van der Waals surface area (Å²) < 4.78 is 40.8. The lowest BCUT2D eigenvalue weighted by Gasteiger charge is -2.38. The summed E-state index contributed by atoms with van der Waals surface area (Å²) in [7, 11) is 0. The summed E-state index contributed by atoms with van der Waals surface area (Å²) in [5.41, 5.74) is -2.02. The van der Waals surface area contributed by atoms with Gasteiger partial charge in [0.15, 0.2) is 0 Å². The van der Waals surface area contributed by atoms with Gasteiger partial charge in [0.25, 0.3) is 11.5 Å². The van der Waals surface area contributed by atoms with E-state index < -0.39 is 28.8 Å². The van der Waals surface area contributed by atoms with Crippen molar-refractivity contribution in [1.82, 2.24) is 19.1 Å². The molecule has 0 unspecified atom stereocenters. The van der Waals surface area contributed by atoms with Gasteiger partial charge >= 0.3 is 6.18 Å². The highest BCUT2D eigenvalue weighted by molar-refractivity contribution is 6.04. The highest BCUT2D eigenvalue weighted by atomic mass is 19.4. The molecule has 3 heterocycles. The molecule has 1 aromatic carbocycles. The van der Waals surface area contributed by atoms with Gasteiger partial charge in [0.05, 0.1) is 29.6 Å². The molecule has 5 rings (SSSR count). The van der Waals surface area contributed by atoms with Crippen molar-refractivity contribution >= 4 is 23.0 Å². The van der Waals surface area contributed by atoms with Gasteiger partial charge < -0.3 is 15.3 Å². The average molecular weight is 503 g/mol. The molecule has 190 valence electrons. The Morgan fingerprint density at radius 2 is 1.81 bits per heavy atom. The Balaban J connectivity index is 1.27. The van der Waals surface area contributed by atoms with Gasteiger partial charge in [0.2, 0.25) is 5.91 Å². The van der Waals surface area contributed by atoms with Crippen LogP contribution in [0.1, 0.15) is 41.6 Å². The van der Waals surface area contributed by atoms with Crippen LogP contribution in [0.2, 0.25) is 0 Å². The number of halogens is 3. The molecular weight excluding hydrogens is 479 g/mol. The number of alkyl halides is 3. The van der Waals surface area contributed by atoms with E-state index >= 15 is 0 Å². The second kappa shape index (κ2) is 8.77. The Kier molecular flexibility index (Phi) is 5.86. The molecule has 1 saturated heterocycles. The van der Waals surface area contributed by atoms with Gasteiger partial charge in [-0.3, -0.25) is 19.0 Å². The largest absolute Gasteiger partial charge is 0.416 e. The Hall–Kier alpha value is -3.67. The molecule has 1 saturated carbocycles. The number of rotatable bonds is 5. The monoisotopic (exact) mass is 503 g/mol. The number of aromatic nitrogens is 3. The molecular formula is C24H24F3N5O4. The molecule has 1 aliphatic carbocycles. The molecule has 2 fully saturated rings. The van der Waals surface area contributed by atoms with Crippen LogP contribution in [-0.2, 0) is 17.5 Å². The van der Waals surface area contributed by atoms with Gasteiger partial charge in [-0.1, -0.05) is 0 Å². The fraction of sp³-hybridized carbons (Fsp3) is 0.417. The summed E-state index contributed by atoms with van der Waals surface area (Å²) in [6.45, 7) is 0.877. The Labute approximate surface area is 203 Å². The molecule has 2 aliphatic rings. The fourth-order valence-corrected chi connectivity index (χ4v) is 4.43. The first-order valence-electron chi connectivity index (χ1n) is 11.6. The highest BCUT2D eigenvalue weighted by Crippen LogP contribution is 2.33. The van der Waals surface area contributed by atoms with Crippen molar-refractivity contribution in [2.45, 2.75) is 44.0 Å². The third-order valence-electron chi connectivity index (χ3n) is 6.73. The molecule has 2 aromatic heterocycles. The first-order chi connectivity index (χ1) is 17.0. The molecule has 1 aliphatic heterocycles. The molecule has 36 heavy (non-hydrogen) atoms. The van der Waals surface area contributed by atoms with Crippen molar-refractivity contribution in [1.29, 1.82) is 0 Å². The van der Waals surface area contributed by atoms with E-state index in [1.54, 1.807) is 4.90 Å². The number of carbonyl (C=O) groups excluding carboxylic acids is 2. The maximum atomic E-state index is 13.0. The smallest absolute Gasteiger partial charge is 0.388 e. The van der Waals surface area contributed by atoms with Crippen molar-refractivity contribution in [2.75, 3.05) is 18.4 Å². The van der Waals surface area contributed by atoms with Gasteiger partial charge in [0, 0.05) is 24.6 Å². The molecule has 12 heteroatoms. The Bertz CT molecular complexity index is 1370. The van der Waals surface area contributed by atoms with Crippen molar-refractivity contribution in [2.24, 2.45) is 5.92 Å². The van der Waals surface area contributed by atoms with Crippen LogP contribution in [0.4, 0.5) is 18.9 Å². The van der Waals surface area contributed by atoms with Crippen LogP contribution >= 0.6 is 0 Å². The van der Waals surface area contributed by atoms with Crippen LogP contribution in [0.5, 0.6) is 0 Å². The number of benzene rings is 1. The van der Waals surface area contributed by atoms with Crippen LogP contribution in [-0.4, -0.2) is 54.7 Å². The summed E-state index contributed by atoms with van der Waals surface area (Å²) >= 11 is 0. The number of fused-ring (bicyclic) bond motifs is 1. The van der Waals surface area contributed by atoms with E-state index in [4.69, 9.17) is 0 Å². The minimum absolute atomic E-state index is 0.0131.